The van der Waals surface area contributed by atoms with E-state index in [-0.39, 0.29) is 17.9 Å². The summed E-state index contributed by atoms with van der Waals surface area (Å²) >= 11 is 0. The molecule has 86 valence electrons. The molecule has 0 aromatic carbocycles. The van der Waals surface area contributed by atoms with Crippen LogP contribution >= 0.6 is 7.14 Å². The molecule has 0 aliphatic heterocycles. The summed E-state index contributed by atoms with van der Waals surface area (Å²) in [6.07, 6.45) is -1.07. The van der Waals surface area contributed by atoms with E-state index in [0.717, 1.165) is 0 Å². The van der Waals surface area contributed by atoms with Crippen LogP contribution in [0.4, 0.5) is 0 Å². The van der Waals surface area contributed by atoms with E-state index in [4.69, 9.17) is 10.2 Å². The topological polar surface area (TPSA) is 74.6 Å². The van der Waals surface area contributed by atoms with E-state index in [0.29, 0.717) is 6.42 Å². The summed E-state index contributed by atoms with van der Waals surface area (Å²) in [5, 5.41) is 17.6. The molecule has 0 saturated heterocycles. The van der Waals surface area contributed by atoms with E-state index in [1.54, 1.807) is 13.8 Å². The van der Waals surface area contributed by atoms with Crippen molar-refractivity contribution in [3.05, 3.63) is 0 Å². The van der Waals surface area contributed by atoms with Crippen LogP contribution in [-0.4, -0.2) is 34.9 Å². The third-order valence-electron chi connectivity index (χ3n) is 2.09. The molecular weight excluding hydrogens is 215 g/mol. The van der Waals surface area contributed by atoms with Crippen molar-refractivity contribution in [1.82, 2.24) is 0 Å². The van der Waals surface area contributed by atoms with Gasteiger partial charge >= 0.3 is 0 Å². The van der Waals surface area contributed by atoms with Gasteiger partial charge in [0.05, 0.1) is 18.9 Å². The van der Waals surface area contributed by atoms with Gasteiger partial charge in [-0.05, 0) is 6.92 Å². The Morgan fingerprint density at radius 1 is 1.40 bits per heavy atom. The first-order valence-corrected chi connectivity index (χ1v) is 6.96. The summed E-state index contributed by atoms with van der Waals surface area (Å²) < 4.78 is 11.6. The van der Waals surface area contributed by atoms with Crippen LogP contribution in [0.25, 0.3) is 0 Å². The Hall–Kier alpha value is -0.620. The normalized spacial score (nSPS) is 12.8. The molecule has 0 spiro atoms. The van der Waals surface area contributed by atoms with Crippen LogP contribution in [0.5, 0.6) is 0 Å². The standard InChI is InChI=1S/C10H17O4P/c1-3-4-5-9(2)10(13)6-15(14,7-11)8-12/h9,11-12H,5-8H2,1-2H3/t9-/m1/s1. The van der Waals surface area contributed by atoms with Crippen molar-refractivity contribution >= 4 is 12.9 Å². The van der Waals surface area contributed by atoms with Crippen LogP contribution in [-0.2, 0) is 9.36 Å². The molecule has 0 aliphatic carbocycles. The molecule has 2 N–H and O–H groups in total. The second kappa shape index (κ2) is 6.79. The smallest absolute Gasteiger partial charge is 0.144 e. The fourth-order valence-corrected chi connectivity index (χ4v) is 2.12. The Balaban J connectivity index is 4.33. The first-order chi connectivity index (χ1) is 6.99. The molecule has 0 heterocycles. The average Bonchev–Trinajstić information content (AvgIpc) is 2.25. The average molecular weight is 232 g/mol. The SMILES string of the molecule is CC#CC[C@@H](C)C(=O)CP(=O)(CO)CO. The first kappa shape index (κ1) is 14.4. The Bertz CT molecular complexity index is 305. The van der Waals surface area contributed by atoms with Crippen molar-refractivity contribution in [1.29, 1.82) is 0 Å². The number of Topliss-reactive ketones (excluding diaryl/α,β-unsaturated/α-hetero) is 1. The van der Waals surface area contributed by atoms with Gasteiger partial charge in [0.2, 0.25) is 0 Å². The maximum atomic E-state index is 11.6. The minimum absolute atomic E-state index is 0.218. The van der Waals surface area contributed by atoms with Crippen molar-refractivity contribution in [3.63, 3.8) is 0 Å². The zero-order valence-electron chi connectivity index (χ0n) is 9.06. The number of carbonyl (C=O) groups excluding carboxylic acids is 1. The maximum Gasteiger partial charge on any atom is 0.144 e. The van der Waals surface area contributed by atoms with Gasteiger partial charge in [-0.1, -0.05) is 6.92 Å². The lowest BCUT2D eigenvalue weighted by Crippen LogP contribution is -2.17. The van der Waals surface area contributed by atoms with Crippen LogP contribution in [0.1, 0.15) is 20.3 Å². The number of hydrogen-bond acceptors (Lipinski definition) is 4. The van der Waals surface area contributed by atoms with Gasteiger partial charge in [0.15, 0.2) is 0 Å². The van der Waals surface area contributed by atoms with Crippen LogP contribution in [0.15, 0.2) is 0 Å². The summed E-state index contributed by atoms with van der Waals surface area (Å²) in [7, 11) is -3.11. The van der Waals surface area contributed by atoms with Crippen LogP contribution in [0.3, 0.4) is 0 Å². The van der Waals surface area contributed by atoms with Crippen molar-refractivity contribution < 1.29 is 19.6 Å². The van der Waals surface area contributed by atoms with Gasteiger partial charge in [-0.2, -0.15) is 0 Å². The Morgan fingerprint density at radius 3 is 2.33 bits per heavy atom. The third kappa shape index (κ3) is 5.13. The fourth-order valence-electron chi connectivity index (χ4n) is 0.954. The quantitative estimate of drug-likeness (QED) is 0.526. The van der Waals surface area contributed by atoms with Gasteiger partial charge in [-0.25, -0.2) is 0 Å². The number of hydrogen-bond donors (Lipinski definition) is 2. The lowest BCUT2D eigenvalue weighted by Gasteiger charge is -2.13. The molecule has 0 saturated carbocycles. The number of aliphatic hydroxyl groups excluding tert-OH is 2. The van der Waals surface area contributed by atoms with E-state index in [9.17, 15) is 9.36 Å². The van der Waals surface area contributed by atoms with Crippen molar-refractivity contribution in [2.45, 2.75) is 20.3 Å². The minimum Gasteiger partial charge on any atom is -0.389 e. The Morgan fingerprint density at radius 2 is 1.93 bits per heavy atom. The van der Waals surface area contributed by atoms with E-state index in [2.05, 4.69) is 11.8 Å². The first-order valence-electron chi connectivity index (χ1n) is 4.70. The van der Waals surface area contributed by atoms with Crippen LogP contribution in [0, 0.1) is 17.8 Å². The van der Waals surface area contributed by atoms with Gasteiger partial charge in [-0.15, -0.1) is 11.8 Å². The lowest BCUT2D eigenvalue weighted by atomic mass is 10.0. The molecule has 0 unspecified atom stereocenters. The van der Waals surface area contributed by atoms with E-state index in [1.807, 2.05) is 0 Å². The predicted octanol–water partition coefficient (Wildman–Crippen LogP) is 0.868. The molecule has 5 heteroatoms. The molecule has 1 atom stereocenters. The zero-order valence-corrected chi connectivity index (χ0v) is 9.96. The summed E-state index contributed by atoms with van der Waals surface area (Å²) in [6.45, 7) is 3.38. The van der Waals surface area contributed by atoms with Gasteiger partial charge < -0.3 is 14.8 Å². The summed E-state index contributed by atoms with van der Waals surface area (Å²) in [5.74, 6) is 4.92. The van der Waals surface area contributed by atoms with Gasteiger partial charge in [0, 0.05) is 12.3 Å². The largest absolute Gasteiger partial charge is 0.389 e. The summed E-state index contributed by atoms with van der Waals surface area (Å²) in [4.78, 5) is 11.5. The zero-order chi connectivity index (χ0) is 11.9. The summed E-state index contributed by atoms with van der Waals surface area (Å²) in [5.41, 5.74) is 0. The second-order valence-corrected chi connectivity index (χ2v) is 6.50. The minimum atomic E-state index is -3.11. The highest BCUT2D eigenvalue weighted by Crippen LogP contribution is 2.43. The van der Waals surface area contributed by atoms with Gasteiger partial charge in [0.1, 0.15) is 12.9 Å². The fraction of sp³-hybridized carbons (Fsp3) is 0.700. The molecule has 0 radical (unpaired) electrons. The molecule has 0 aliphatic rings. The molecular formula is C10H17O4P. The van der Waals surface area contributed by atoms with Gasteiger partial charge in [0.25, 0.3) is 0 Å². The maximum absolute atomic E-state index is 11.6. The monoisotopic (exact) mass is 232 g/mol. The van der Waals surface area contributed by atoms with Crippen molar-refractivity contribution in [3.8, 4) is 11.8 Å². The molecule has 0 bridgehead atoms. The molecule has 4 nitrogen and oxygen atoms in total. The van der Waals surface area contributed by atoms with E-state index in [1.165, 1.54) is 0 Å². The Labute approximate surface area is 90.1 Å². The van der Waals surface area contributed by atoms with Crippen LogP contribution in [0.2, 0.25) is 0 Å². The van der Waals surface area contributed by atoms with E-state index < -0.39 is 19.8 Å². The van der Waals surface area contributed by atoms with Crippen molar-refractivity contribution in [2.24, 2.45) is 5.92 Å². The van der Waals surface area contributed by atoms with Crippen molar-refractivity contribution in [2.75, 3.05) is 18.9 Å². The van der Waals surface area contributed by atoms with Gasteiger partial charge in [-0.3, -0.25) is 4.79 Å². The Kier molecular flexibility index (Phi) is 6.51. The summed E-state index contributed by atoms with van der Waals surface area (Å²) in [6, 6.07) is 0. The number of aliphatic hydroxyl groups is 2. The van der Waals surface area contributed by atoms with Crippen LogP contribution < -0.4 is 0 Å². The predicted molar refractivity (Wildman–Crippen MR) is 58.9 cm³/mol. The highest BCUT2D eigenvalue weighted by molar-refractivity contribution is 7.64. The molecule has 15 heavy (non-hydrogen) atoms. The number of carbonyl (C=O) groups is 1. The molecule has 0 aromatic rings. The molecule has 0 rings (SSSR count). The third-order valence-corrected chi connectivity index (χ3v) is 4.01. The molecule has 0 amide bonds. The van der Waals surface area contributed by atoms with E-state index >= 15 is 0 Å². The highest BCUT2D eigenvalue weighted by atomic mass is 31.2. The lowest BCUT2D eigenvalue weighted by molar-refractivity contribution is -0.119. The number of ketones is 1. The highest BCUT2D eigenvalue weighted by Gasteiger charge is 2.26. The second-order valence-electron chi connectivity index (χ2n) is 3.50. The molecule has 0 aromatic heterocycles. The molecule has 0 fully saturated rings. The number of rotatable bonds is 6.